The first-order valence-corrected chi connectivity index (χ1v) is 9.81. The number of rotatable bonds is 7. The van der Waals surface area contributed by atoms with Crippen LogP contribution in [0.4, 0.5) is 0 Å². The highest BCUT2D eigenvalue weighted by Gasteiger charge is 2.26. The van der Waals surface area contributed by atoms with Crippen molar-refractivity contribution in [1.29, 1.82) is 0 Å². The van der Waals surface area contributed by atoms with Crippen molar-refractivity contribution in [2.75, 3.05) is 20.2 Å². The van der Waals surface area contributed by atoms with Crippen molar-refractivity contribution >= 4 is 27.6 Å². The third-order valence-electron chi connectivity index (χ3n) is 3.76. The van der Waals surface area contributed by atoms with E-state index >= 15 is 0 Å². The predicted octanol–water partition coefficient (Wildman–Crippen LogP) is 3.60. The summed E-state index contributed by atoms with van der Waals surface area (Å²) in [7, 11) is -2.34. The van der Waals surface area contributed by atoms with Gasteiger partial charge in [0.1, 0.15) is 4.90 Å². The van der Waals surface area contributed by atoms with Crippen LogP contribution in [0.5, 0.6) is 11.5 Å². The van der Waals surface area contributed by atoms with Crippen molar-refractivity contribution in [2.24, 2.45) is 0 Å². The van der Waals surface area contributed by atoms with Crippen LogP contribution in [0.1, 0.15) is 24.2 Å². The smallest absolute Gasteiger partial charge is 0.343 e. The Morgan fingerprint density at radius 1 is 1.08 bits per heavy atom. The van der Waals surface area contributed by atoms with E-state index in [1.807, 2.05) is 0 Å². The van der Waals surface area contributed by atoms with Crippen LogP contribution in [-0.4, -0.2) is 38.9 Å². The Hall–Kier alpha value is -2.09. The molecular weight excluding hydrogens is 378 g/mol. The van der Waals surface area contributed by atoms with E-state index in [2.05, 4.69) is 0 Å². The van der Waals surface area contributed by atoms with Gasteiger partial charge in [-0.2, -0.15) is 4.31 Å². The highest BCUT2D eigenvalue weighted by Crippen LogP contribution is 2.29. The number of halogens is 1. The van der Waals surface area contributed by atoms with Crippen LogP contribution in [0.25, 0.3) is 0 Å². The summed E-state index contributed by atoms with van der Waals surface area (Å²) < 4.78 is 37.2. The Bertz CT molecular complexity index is 894. The number of hydrogen-bond acceptors (Lipinski definition) is 5. The summed E-state index contributed by atoms with van der Waals surface area (Å²) in [6, 6.07) is 10.7. The van der Waals surface area contributed by atoms with Gasteiger partial charge < -0.3 is 9.47 Å². The fourth-order valence-electron chi connectivity index (χ4n) is 2.39. The minimum absolute atomic E-state index is 0.0470. The monoisotopic (exact) mass is 397 g/mol. The van der Waals surface area contributed by atoms with Crippen molar-refractivity contribution < 1.29 is 22.7 Å². The van der Waals surface area contributed by atoms with Gasteiger partial charge in [-0.1, -0.05) is 37.6 Å². The summed E-state index contributed by atoms with van der Waals surface area (Å²) in [4.78, 5) is 12.3. The van der Waals surface area contributed by atoms with Gasteiger partial charge in [0, 0.05) is 13.1 Å². The molecule has 6 nitrogen and oxygen atoms in total. The molecule has 0 aliphatic heterocycles. The Labute approximate surface area is 158 Å². The van der Waals surface area contributed by atoms with Gasteiger partial charge in [0.25, 0.3) is 0 Å². The Morgan fingerprint density at radius 2 is 1.69 bits per heavy atom. The SMILES string of the molecule is CCN(CC)S(=O)(=O)c1cc(C(=O)Oc2ccccc2OC)ccc1Cl. The Kier molecular flexibility index (Phi) is 6.63. The lowest BCUT2D eigenvalue weighted by Crippen LogP contribution is -2.31. The normalized spacial score (nSPS) is 11.4. The van der Waals surface area contributed by atoms with Crippen molar-refractivity contribution in [3.63, 3.8) is 0 Å². The van der Waals surface area contributed by atoms with E-state index in [4.69, 9.17) is 21.1 Å². The second kappa shape index (κ2) is 8.53. The van der Waals surface area contributed by atoms with Gasteiger partial charge in [0.2, 0.25) is 10.0 Å². The average molecular weight is 398 g/mol. The molecule has 0 saturated heterocycles. The third-order valence-corrected chi connectivity index (χ3v) is 6.29. The first-order chi connectivity index (χ1) is 12.3. The van der Waals surface area contributed by atoms with Crippen LogP contribution >= 0.6 is 11.6 Å². The van der Waals surface area contributed by atoms with Crippen LogP contribution in [0.15, 0.2) is 47.4 Å². The molecule has 26 heavy (non-hydrogen) atoms. The van der Waals surface area contributed by atoms with E-state index < -0.39 is 16.0 Å². The van der Waals surface area contributed by atoms with Crippen LogP contribution in [0.2, 0.25) is 5.02 Å². The number of sulfonamides is 1. The number of para-hydroxylation sites is 2. The summed E-state index contributed by atoms with van der Waals surface area (Å²) in [5, 5.41) is 0.0470. The Morgan fingerprint density at radius 3 is 2.27 bits per heavy atom. The first-order valence-electron chi connectivity index (χ1n) is 8.00. The van der Waals surface area contributed by atoms with Crippen LogP contribution in [-0.2, 0) is 10.0 Å². The summed E-state index contributed by atoms with van der Waals surface area (Å²) in [6.07, 6.45) is 0. The highest BCUT2D eigenvalue weighted by atomic mass is 35.5. The lowest BCUT2D eigenvalue weighted by Gasteiger charge is -2.19. The molecule has 0 unspecified atom stereocenters. The standard InChI is InChI=1S/C18H20ClNO5S/c1-4-20(5-2)26(22,23)17-12-13(10-11-14(17)19)18(21)25-16-9-7-6-8-15(16)24-3/h6-12H,4-5H2,1-3H3. The maximum absolute atomic E-state index is 12.7. The van der Waals surface area contributed by atoms with Gasteiger partial charge in [0.05, 0.1) is 17.7 Å². The molecule has 2 aromatic rings. The van der Waals surface area contributed by atoms with E-state index in [0.717, 1.165) is 0 Å². The second-order valence-electron chi connectivity index (χ2n) is 5.27. The fraction of sp³-hybridized carbons (Fsp3) is 0.278. The fourth-order valence-corrected chi connectivity index (χ4v) is 4.35. The molecule has 2 rings (SSSR count). The van der Waals surface area contributed by atoms with Crippen molar-refractivity contribution in [2.45, 2.75) is 18.7 Å². The molecule has 0 atom stereocenters. The topological polar surface area (TPSA) is 72.9 Å². The molecule has 0 N–H and O–H groups in total. The van der Waals surface area contributed by atoms with E-state index in [0.29, 0.717) is 18.8 Å². The molecule has 0 fully saturated rings. The van der Waals surface area contributed by atoms with Gasteiger partial charge in [-0.05, 0) is 30.3 Å². The molecule has 0 saturated carbocycles. The van der Waals surface area contributed by atoms with E-state index in [-0.39, 0.29) is 21.2 Å². The third kappa shape index (κ3) is 4.17. The number of carbonyl (C=O) groups excluding carboxylic acids is 1. The zero-order valence-corrected chi connectivity index (χ0v) is 16.3. The lowest BCUT2D eigenvalue weighted by atomic mass is 10.2. The molecule has 0 heterocycles. The molecule has 0 radical (unpaired) electrons. The molecule has 0 aliphatic rings. The number of ether oxygens (including phenoxy) is 2. The number of methoxy groups -OCH3 is 1. The summed E-state index contributed by atoms with van der Waals surface area (Å²) in [5.74, 6) is -0.0731. The van der Waals surface area contributed by atoms with Crippen LogP contribution in [0.3, 0.4) is 0 Å². The summed E-state index contributed by atoms with van der Waals surface area (Å²) in [6.45, 7) is 4.06. The van der Waals surface area contributed by atoms with E-state index in [1.54, 1.807) is 38.1 Å². The molecule has 0 aromatic heterocycles. The molecule has 0 amide bonds. The molecule has 0 bridgehead atoms. The average Bonchev–Trinajstić information content (AvgIpc) is 2.63. The molecule has 8 heteroatoms. The number of benzene rings is 2. The largest absolute Gasteiger partial charge is 0.493 e. The maximum atomic E-state index is 12.7. The van der Waals surface area contributed by atoms with Crippen molar-refractivity contribution in [3.8, 4) is 11.5 Å². The second-order valence-corrected chi connectivity index (χ2v) is 7.59. The summed E-state index contributed by atoms with van der Waals surface area (Å²) >= 11 is 6.07. The number of esters is 1. The van der Waals surface area contributed by atoms with Crippen LogP contribution in [0, 0.1) is 0 Å². The predicted molar refractivity (Wildman–Crippen MR) is 99.5 cm³/mol. The molecular formula is C18H20ClNO5S. The van der Waals surface area contributed by atoms with Gasteiger partial charge in [-0.25, -0.2) is 13.2 Å². The van der Waals surface area contributed by atoms with Gasteiger partial charge in [-0.3, -0.25) is 0 Å². The number of hydrogen-bond donors (Lipinski definition) is 0. The molecule has 0 aliphatic carbocycles. The van der Waals surface area contributed by atoms with Gasteiger partial charge >= 0.3 is 5.97 Å². The zero-order chi connectivity index (χ0) is 19.3. The van der Waals surface area contributed by atoms with E-state index in [1.165, 1.54) is 29.6 Å². The number of carbonyl (C=O) groups is 1. The highest BCUT2D eigenvalue weighted by molar-refractivity contribution is 7.89. The quantitative estimate of drug-likeness (QED) is 0.527. The minimum atomic E-state index is -3.80. The lowest BCUT2D eigenvalue weighted by molar-refractivity contribution is 0.0729. The minimum Gasteiger partial charge on any atom is -0.493 e. The first kappa shape index (κ1) is 20.2. The Balaban J connectivity index is 2.39. The van der Waals surface area contributed by atoms with Crippen molar-refractivity contribution in [1.82, 2.24) is 4.31 Å². The van der Waals surface area contributed by atoms with E-state index in [9.17, 15) is 13.2 Å². The van der Waals surface area contributed by atoms with Crippen molar-refractivity contribution in [3.05, 3.63) is 53.1 Å². The number of nitrogens with zero attached hydrogens (tertiary/aromatic N) is 1. The molecule has 0 spiro atoms. The van der Waals surface area contributed by atoms with Crippen LogP contribution < -0.4 is 9.47 Å². The van der Waals surface area contributed by atoms with Gasteiger partial charge in [-0.15, -0.1) is 0 Å². The maximum Gasteiger partial charge on any atom is 0.343 e. The molecule has 2 aromatic carbocycles. The summed E-state index contributed by atoms with van der Waals surface area (Å²) in [5.41, 5.74) is 0.0750. The zero-order valence-electron chi connectivity index (χ0n) is 14.7. The molecule has 140 valence electrons. The van der Waals surface area contributed by atoms with Gasteiger partial charge in [0.15, 0.2) is 11.5 Å².